The van der Waals surface area contributed by atoms with Gasteiger partial charge >= 0.3 is 0 Å². The third-order valence-corrected chi connectivity index (χ3v) is 4.23. The fraction of sp³-hybridized carbons (Fsp3) is 0.391. The number of ether oxygens (including phenoxy) is 2. The van der Waals surface area contributed by atoms with Gasteiger partial charge in [0, 0.05) is 25.7 Å². The van der Waals surface area contributed by atoms with E-state index in [0.29, 0.717) is 25.7 Å². The van der Waals surface area contributed by atoms with Gasteiger partial charge in [0.25, 0.3) is 0 Å². The van der Waals surface area contributed by atoms with Crippen molar-refractivity contribution < 1.29 is 9.47 Å². The van der Waals surface area contributed by atoms with Crippen molar-refractivity contribution in [2.45, 2.75) is 27.2 Å². The first kappa shape index (κ1) is 22.3. The Hall–Kier alpha value is -3.02. The van der Waals surface area contributed by atoms with Crippen molar-refractivity contribution in [1.82, 2.24) is 0 Å². The number of rotatable bonds is 11. The van der Waals surface area contributed by atoms with Gasteiger partial charge in [0.2, 0.25) is 5.90 Å². The van der Waals surface area contributed by atoms with Crippen LogP contribution in [0.15, 0.2) is 59.6 Å². The molecule has 0 aliphatic carbocycles. The minimum atomic E-state index is 0.287. The summed E-state index contributed by atoms with van der Waals surface area (Å²) in [5.74, 6) is 0.946. The van der Waals surface area contributed by atoms with Crippen molar-refractivity contribution in [2.24, 2.45) is 4.99 Å². The Labute approximate surface area is 174 Å². The van der Waals surface area contributed by atoms with Gasteiger partial charge in [-0.1, -0.05) is 30.3 Å². The number of para-hydroxylation sites is 3. The van der Waals surface area contributed by atoms with E-state index in [2.05, 4.69) is 27.3 Å². The molecule has 0 radical (unpaired) electrons. The maximum absolute atomic E-state index is 8.00. The number of nitrogens with zero attached hydrogens (tertiary/aromatic N) is 2. The Balaban J connectivity index is 1.95. The average Bonchev–Trinajstić information content (AvgIpc) is 2.72. The molecule has 2 rings (SSSR count). The van der Waals surface area contributed by atoms with Crippen LogP contribution in [0.2, 0.25) is 0 Å². The van der Waals surface area contributed by atoms with Crippen LogP contribution in [0, 0.1) is 5.41 Å². The zero-order valence-corrected chi connectivity index (χ0v) is 17.6. The second-order valence-electron chi connectivity index (χ2n) is 6.47. The number of aliphatic imine (C=N–C) groups is 1. The van der Waals surface area contributed by atoms with Crippen molar-refractivity contribution in [3.8, 4) is 0 Å². The highest BCUT2D eigenvalue weighted by atomic mass is 16.5. The number of anilines is 2. The topological polar surface area (TPSA) is 69.9 Å². The maximum atomic E-state index is 8.00. The molecule has 0 unspecified atom stereocenters. The molecule has 2 aromatic carbocycles. The summed E-state index contributed by atoms with van der Waals surface area (Å²) < 4.78 is 10.8. The summed E-state index contributed by atoms with van der Waals surface area (Å²) in [6.45, 7) is 8.92. The molecule has 0 saturated carbocycles. The minimum Gasteiger partial charge on any atom is -0.481 e. The van der Waals surface area contributed by atoms with Gasteiger partial charge in [-0.05, 0) is 44.5 Å². The van der Waals surface area contributed by atoms with Crippen molar-refractivity contribution in [1.29, 1.82) is 5.41 Å². The fourth-order valence-corrected chi connectivity index (χ4v) is 2.96. The van der Waals surface area contributed by atoms with Gasteiger partial charge in [-0.15, -0.1) is 0 Å². The van der Waals surface area contributed by atoms with Crippen molar-refractivity contribution >= 4 is 28.9 Å². The third-order valence-electron chi connectivity index (χ3n) is 4.23. The predicted molar refractivity (Wildman–Crippen MR) is 122 cm³/mol. The highest BCUT2D eigenvalue weighted by Crippen LogP contribution is 2.24. The molecule has 6 nitrogen and oxygen atoms in total. The molecule has 0 aromatic heterocycles. The van der Waals surface area contributed by atoms with E-state index < -0.39 is 0 Å². The van der Waals surface area contributed by atoms with Crippen LogP contribution in [0.25, 0.3) is 0 Å². The third kappa shape index (κ3) is 7.86. The standard InChI is InChI=1S/C23H32N4O2/c1-4-28-19(3)26-22-15-10-9-14-21(22)25-16-11-17-27(18-23(24)29-5-2)20-12-7-6-8-13-20/h6-10,12-15,24-25H,4-5,11,16-18H2,1-3H3. The van der Waals surface area contributed by atoms with Gasteiger partial charge in [-0.2, -0.15) is 0 Å². The van der Waals surface area contributed by atoms with E-state index in [0.717, 1.165) is 36.6 Å². The monoisotopic (exact) mass is 396 g/mol. The first-order valence-corrected chi connectivity index (χ1v) is 10.1. The second kappa shape index (κ2) is 12.4. The van der Waals surface area contributed by atoms with Gasteiger partial charge in [0.15, 0.2) is 5.90 Å². The lowest BCUT2D eigenvalue weighted by Gasteiger charge is -2.25. The maximum Gasteiger partial charge on any atom is 0.200 e. The molecular weight excluding hydrogens is 364 g/mol. The van der Waals surface area contributed by atoms with Crippen LogP contribution >= 0.6 is 0 Å². The van der Waals surface area contributed by atoms with E-state index >= 15 is 0 Å². The zero-order chi connectivity index (χ0) is 20.9. The Kier molecular flexibility index (Phi) is 9.55. The summed E-state index contributed by atoms with van der Waals surface area (Å²) in [7, 11) is 0. The van der Waals surface area contributed by atoms with E-state index in [1.807, 2.05) is 63.2 Å². The molecular formula is C23H32N4O2. The van der Waals surface area contributed by atoms with Crippen LogP contribution < -0.4 is 10.2 Å². The normalized spacial score (nSPS) is 11.1. The Morgan fingerprint density at radius 3 is 2.41 bits per heavy atom. The van der Waals surface area contributed by atoms with E-state index in [4.69, 9.17) is 14.9 Å². The van der Waals surface area contributed by atoms with Crippen LogP contribution in [0.1, 0.15) is 27.2 Å². The minimum absolute atomic E-state index is 0.287. The summed E-state index contributed by atoms with van der Waals surface area (Å²) in [6.07, 6.45) is 0.913. The van der Waals surface area contributed by atoms with Crippen LogP contribution in [0.4, 0.5) is 17.1 Å². The van der Waals surface area contributed by atoms with Crippen LogP contribution in [0.5, 0.6) is 0 Å². The van der Waals surface area contributed by atoms with E-state index in [1.165, 1.54) is 0 Å². The Morgan fingerprint density at radius 1 is 1.00 bits per heavy atom. The fourth-order valence-electron chi connectivity index (χ4n) is 2.96. The van der Waals surface area contributed by atoms with E-state index in [-0.39, 0.29) is 5.90 Å². The van der Waals surface area contributed by atoms with Gasteiger partial charge in [0.05, 0.1) is 31.1 Å². The molecule has 0 bridgehead atoms. The lowest BCUT2D eigenvalue weighted by atomic mass is 10.2. The molecule has 0 aliphatic rings. The summed E-state index contributed by atoms with van der Waals surface area (Å²) in [6, 6.07) is 18.1. The Morgan fingerprint density at radius 2 is 1.69 bits per heavy atom. The summed E-state index contributed by atoms with van der Waals surface area (Å²) >= 11 is 0. The lowest BCUT2D eigenvalue weighted by Crippen LogP contribution is -2.32. The summed E-state index contributed by atoms with van der Waals surface area (Å²) in [5.41, 5.74) is 2.95. The molecule has 0 spiro atoms. The summed E-state index contributed by atoms with van der Waals surface area (Å²) in [4.78, 5) is 6.72. The first-order chi connectivity index (χ1) is 14.1. The van der Waals surface area contributed by atoms with Gasteiger partial charge in [0.1, 0.15) is 0 Å². The number of nitrogens with one attached hydrogen (secondary N) is 2. The van der Waals surface area contributed by atoms with Crippen LogP contribution in [0.3, 0.4) is 0 Å². The molecule has 156 valence electrons. The van der Waals surface area contributed by atoms with Gasteiger partial charge in [-0.25, -0.2) is 4.99 Å². The largest absolute Gasteiger partial charge is 0.481 e. The van der Waals surface area contributed by atoms with E-state index in [1.54, 1.807) is 0 Å². The molecule has 0 aliphatic heterocycles. The lowest BCUT2D eigenvalue weighted by molar-refractivity contribution is 0.317. The molecule has 2 N–H and O–H groups in total. The SMILES string of the molecule is CCOC(=N)CN(CCCNc1ccccc1N=C(C)OCC)c1ccccc1. The number of hydrogen-bond donors (Lipinski definition) is 2. The van der Waals surface area contributed by atoms with Crippen LogP contribution in [-0.4, -0.2) is 44.6 Å². The van der Waals surface area contributed by atoms with E-state index in [9.17, 15) is 0 Å². The molecule has 29 heavy (non-hydrogen) atoms. The zero-order valence-electron chi connectivity index (χ0n) is 17.6. The average molecular weight is 397 g/mol. The smallest absolute Gasteiger partial charge is 0.200 e. The molecule has 0 saturated heterocycles. The van der Waals surface area contributed by atoms with Gasteiger partial charge < -0.3 is 19.7 Å². The molecule has 0 amide bonds. The van der Waals surface area contributed by atoms with Crippen molar-refractivity contribution in [3.05, 3.63) is 54.6 Å². The van der Waals surface area contributed by atoms with Crippen molar-refractivity contribution in [3.63, 3.8) is 0 Å². The molecule has 0 heterocycles. The van der Waals surface area contributed by atoms with Crippen molar-refractivity contribution in [2.75, 3.05) is 43.1 Å². The quantitative estimate of drug-likeness (QED) is 0.315. The highest BCUT2D eigenvalue weighted by molar-refractivity contribution is 5.80. The highest BCUT2D eigenvalue weighted by Gasteiger charge is 2.10. The predicted octanol–water partition coefficient (Wildman–Crippen LogP) is 5.10. The number of hydrogen-bond acceptors (Lipinski definition) is 6. The summed E-state index contributed by atoms with van der Waals surface area (Å²) in [5, 5.41) is 11.5. The molecule has 6 heteroatoms. The second-order valence-corrected chi connectivity index (χ2v) is 6.47. The first-order valence-electron chi connectivity index (χ1n) is 10.1. The van der Waals surface area contributed by atoms with Crippen LogP contribution in [-0.2, 0) is 9.47 Å². The molecule has 0 atom stereocenters. The molecule has 0 fully saturated rings. The molecule has 2 aromatic rings. The Bertz CT molecular complexity index is 777. The number of benzene rings is 2. The van der Waals surface area contributed by atoms with Gasteiger partial charge in [-0.3, -0.25) is 5.41 Å².